The van der Waals surface area contributed by atoms with Crippen molar-refractivity contribution in [1.29, 1.82) is 0 Å². The minimum absolute atomic E-state index is 0.309. The summed E-state index contributed by atoms with van der Waals surface area (Å²) in [6.45, 7) is 4.98. The molecule has 0 N–H and O–H groups in total. The van der Waals surface area contributed by atoms with Crippen LogP contribution in [0.4, 0.5) is 0 Å². The van der Waals surface area contributed by atoms with E-state index in [1.165, 1.54) is 4.57 Å². The molecule has 0 saturated heterocycles. The van der Waals surface area contributed by atoms with Gasteiger partial charge in [-0.2, -0.15) is 0 Å². The first-order valence-corrected chi connectivity index (χ1v) is 8.87. The number of nitrogens with zero attached hydrogens (tertiary/aromatic N) is 1. The second kappa shape index (κ2) is 7.79. The van der Waals surface area contributed by atoms with Crippen LogP contribution in [0.5, 0.6) is 5.75 Å². The van der Waals surface area contributed by atoms with Gasteiger partial charge in [0, 0.05) is 6.54 Å². The second-order valence-electron chi connectivity index (χ2n) is 6.27. The van der Waals surface area contributed by atoms with Crippen LogP contribution in [0.3, 0.4) is 0 Å². The molecule has 0 fully saturated rings. The third kappa shape index (κ3) is 3.83. The van der Waals surface area contributed by atoms with Crippen molar-refractivity contribution in [3.8, 4) is 5.75 Å². The summed E-state index contributed by atoms with van der Waals surface area (Å²) in [5, 5.41) is 0.669. The van der Waals surface area contributed by atoms with Crippen LogP contribution < -0.4 is 16.1 Å². The highest BCUT2D eigenvalue weighted by molar-refractivity contribution is 6.35. The molecule has 0 spiro atoms. The van der Waals surface area contributed by atoms with Crippen LogP contribution in [-0.4, -0.2) is 11.2 Å². The number of aryl methyl sites for hydroxylation is 3. The third-order valence-corrected chi connectivity index (χ3v) is 4.56. The van der Waals surface area contributed by atoms with Crippen molar-refractivity contribution in [2.45, 2.75) is 33.2 Å². The van der Waals surface area contributed by atoms with E-state index in [0.717, 1.165) is 23.3 Å². The van der Waals surface area contributed by atoms with Gasteiger partial charge in [0.15, 0.2) is 0 Å². The molecule has 0 bridgehead atoms. The number of para-hydroxylation sites is 1. The molecule has 5 nitrogen and oxygen atoms in total. The van der Waals surface area contributed by atoms with Crippen molar-refractivity contribution in [3.05, 3.63) is 73.5 Å². The molecular weight excluding hydrogens is 354 g/mol. The van der Waals surface area contributed by atoms with E-state index >= 15 is 0 Å². The maximum atomic E-state index is 12.1. The molecule has 0 aliphatic heterocycles. The number of hydrogen-bond acceptors (Lipinski definition) is 4. The Morgan fingerprint density at radius 3 is 2.73 bits per heavy atom. The van der Waals surface area contributed by atoms with Gasteiger partial charge in [-0.15, -0.1) is 0 Å². The van der Waals surface area contributed by atoms with E-state index in [0.29, 0.717) is 35.5 Å². The maximum absolute atomic E-state index is 12.1. The molecule has 26 heavy (non-hydrogen) atoms. The predicted octanol–water partition coefficient (Wildman–Crippen LogP) is 4.08. The zero-order valence-electron chi connectivity index (χ0n) is 14.8. The fraction of sp³-hybridized carbons (Fsp3) is 0.300. The monoisotopic (exact) mass is 373 g/mol. The quantitative estimate of drug-likeness (QED) is 0.611. The molecule has 0 aliphatic carbocycles. The average Bonchev–Trinajstić information content (AvgIpc) is 2.60. The van der Waals surface area contributed by atoms with Gasteiger partial charge < -0.3 is 9.15 Å². The average molecular weight is 374 g/mol. The Labute approximate surface area is 155 Å². The van der Waals surface area contributed by atoms with Gasteiger partial charge in [0.1, 0.15) is 5.75 Å². The van der Waals surface area contributed by atoms with Gasteiger partial charge in [-0.25, -0.2) is 9.59 Å². The lowest BCUT2D eigenvalue weighted by Crippen LogP contribution is -2.25. The number of rotatable bonds is 6. The van der Waals surface area contributed by atoms with E-state index < -0.39 is 11.4 Å². The predicted molar refractivity (Wildman–Crippen MR) is 102 cm³/mol. The molecule has 3 rings (SSSR count). The molecular formula is C20H20ClNO4. The maximum Gasteiger partial charge on any atom is 0.422 e. The Bertz CT molecular complexity index is 1050. The van der Waals surface area contributed by atoms with Crippen molar-refractivity contribution in [2.75, 3.05) is 6.61 Å². The first-order valence-electron chi connectivity index (χ1n) is 8.49. The Morgan fingerprint density at radius 1 is 1.12 bits per heavy atom. The van der Waals surface area contributed by atoms with Gasteiger partial charge in [-0.3, -0.25) is 4.57 Å². The third-order valence-electron chi connectivity index (χ3n) is 4.25. The van der Waals surface area contributed by atoms with Crippen LogP contribution in [-0.2, 0) is 6.54 Å². The van der Waals surface area contributed by atoms with Crippen molar-refractivity contribution >= 4 is 22.5 Å². The van der Waals surface area contributed by atoms with Crippen LogP contribution >= 0.6 is 11.6 Å². The first-order chi connectivity index (χ1) is 12.5. The summed E-state index contributed by atoms with van der Waals surface area (Å²) < 4.78 is 12.0. The van der Waals surface area contributed by atoms with Crippen LogP contribution in [0.1, 0.15) is 24.0 Å². The molecule has 0 radical (unpaired) electrons. The highest BCUT2D eigenvalue weighted by atomic mass is 35.5. The number of ether oxygens (including phenoxy) is 1. The Hall–Kier alpha value is -2.53. The molecule has 1 aromatic heterocycles. The van der Waals surface area contributed by atoms with Gasteiger partial charge >= 0.3 is 11.4 Å². The SMILES string of the molecule is Cc1ccc(C)c(OCCCCn2c(=O)oc(=O)c3cccc(Cl)c32)c1. The molecule has 0 atom stereocenters. The molecule has 0 amide bonds. The normalized spacial score (nSPS) is 11.0. The molecule has 1 heterocycles. The zero-order valence-corrected chi connectivity index (χ0v) is 15.5. The number of halogens is 1. The highest BCUT2D eigenvalue weighted by Gasteiger charge is 2.12. The fourth-order valence-corrected chi connectivity index (χ4v) is 3.13. The number of aromatic nitrogens is 1. The minimum atomic E-state index is -0.689. The van der Waals surface area contributed by atoms with E-state index in [2.05, 4.69) is 0 Å². The van der Waals surface area contributed by atoms with Crippen LogP contribution in [0.15, 0.2) is 50.4 Å². The lowest BCUT2D eigenvalue weighted by Gasteiger charge is -2.11. The van der Waals surface area contributed by atoms with E-state index in [1.54, 1.807) is 18.2 Å². The first kappa shape index (κ1) is 18.3. The van der Waals surface area contributed by atoms with Crippen LogP contribution in [0.2, 0.25) is 5.02 Å². The summed E-state index contributed by atoms with van der Waals surface area (Å²) in [5.41, 5.74) is 2.00. The largest absolute Gasteiger partial charge is 0.493 e. The van der Waals surface area contributed by atoms with E-state index in [-0.39, 0.29) is 0 Å². The summed E-state index contributed by atoms with van der Waals surface area (Å²) in [7, 11) is 0. The van der Waals surface area contributed by atoms with Gasteiger partial charge in [-0.1, -0.05) is 29.8 Å². The standard InChI is InChI=1S/C20H20ClNO4/c1-13-8-9-14(2)17(12-13)25-11-4-3-10-22-18-15(6-5-7-16(18)21)19(23)26-20(22)24/h5-9,12H,3-4,10-11H2,1-2H3. The fourth-order valence-electron chi connectivity index (χ4n) is 2.86. The molecule has 0 saturated carbocycles. The zero-order chi connectivity index (χ0) is 18.7. The highest BCUT2D eigenvalue weighted by Crippen LogP contribution is 2.21. The van der Waals surface area contributed by atoms with Crippen LogP contribution in [0.25, 0.3) is 10.9 Å². The smallest absolute Gasteiger partial charge is 0.422 e. The minimum Gasteiger partial charge on any atom is -0.493 e. The number of unbranched alkanes of at least 4 members (excludes halogenated alkanes) is 1. The van der Waals surface area contributed by atoms with Crippen molar-refractivity contribution in [1.82, 2.24) is 4.57 Å². The van der Waals surface area contributed by atoms with Gasteiger partial charge in [0.05, 0.1) is 22.5 Å². The molecule has 6 heteroatoms. The molecule has 0 unspecified atom stereocenters. The summed E-state index contributed by atoms with van der Waals surface area (Å²) in [6, 6.07) is 11.0. The molecule has 0 aliphatic rings. The van der Waals surface area contributed by atoms with Gasteiger partial charge in [0.25, 0.3) is 0 Å². The topological polar surface area (TPSA) is 61.4 Å². The molecule has 3 aromatic rings. The number of fused-ring (bicyclic) bond motifs is 1. The van der Waals surface area contributed by atoms with Crippen LogP contribution in [0, 0.1) is 13.8 Å². The van der Waals surface area contributed by atoms with Crippen molar-refractivity contribution in [2.24, 2.45) is 0 Å². The lowest BCUT2D eigenvalue weighted by atomic mass is 10.1. The Morgan fingerprint density at radius 2 is 1.92 bits per heavy atom. The summed E-state index contributed by atoms with van der Waals surface area (Å²) in [4.78, 5) is 23.9. The van der Waals surface area contributed by atoms with E-state index in [4.69, 9.17) is 20.8 Å². The molecule has 2 aromatic carbocycles. The Balaban J connectivity index is 1.68. The lowest BCUT2D eigenvalue weighted by molar-refractivity contribution is 0.299. The second-order valence-corrected chi connectivity index (χ2v) is 6.67. The Kier molecular flexibility index (Phi) is 5.47. The van der Waals surface area contributed by atoms with Gasteiger partial charge in [0.2, 0.25) is 0 Å². The molecule has 136 valence electrons. The van der Waals surface area contributed by atoms with Gasteiger partial charge in [-0.05, 0) is 56.0 Å². The summed E-state index contributed by atoms with van der Waals surface area (Å²) in [5.74, 6) is 0.187. The van der Waals surface area contributed by atoms with E-state index in [9.17, 15) is 9.59 Å². The number of benzene rings is 2. The summed E-state index contributed by atoms with van der Waals surface area (Å²) >= 11 is 6.19. The van der Waals surface area contributed by atoms with Crippen molar-refractivity contribution < 1.29 is 9.15 Å². The van der Waals surface area contributed by atoms with Crippen molar-refractivity contribution in [3.63, 3.8) is 0 Å². The van der Waals surface area contributed by atoms with E-state index in [1.807, 2.05) is 32.0 Å². The summed E-state index contributed by atoms with van der Waals surface area (Å²) in [6.07, 6.45) is 1.45. The number of hydrogen-bond donors (Lipinski definition) is 0.